The molecule has 10 heteroatoms. The fourth-order valence-electron chi connectivity index (χ4n) is 3.60. The Kier molecular flexibility index (Phi) is 7.15. The molecule has 3 rings (SSSR count). The average Bonchev–Trinajstić information content (AvgIpc) is 2.79. The molecule has 1 aromatic heterocycles. The quantitative estimate of drug-likeness (QED) is 0.690. The van der Waals surface area contributed by atoms with Crippen LogP contribution in [0, 0.1) is 5.92 Å². The van der Waals surface area contributed by atoms with Crippen LogP contribution < -0.4 is 10.9 Å². The third-order valence-corrected chi connectivity index (χ3v) is 7.53. The van der Waals surface area contributed by atoms with Crippen LogP contribution in [-0.2, 0) is 17.1 Å². The van der Waals surface area contributed by atoms with Crippen LogP contribution in [0.5, 0.6) is 0 Å². The zero-order chi connectivity index (χ0) is 23.5. The highest BCUT2D eigenvalue weighted by atomic mass is 32.2. The fraction of sp³-hybridized carbons (Fsp3) is 0.409. The molecule has 9 nitrogen and oxygen atoms in total. The summed E-state index contributed by atoms with van der Waals surface area (Å²) in [6.45, 7) is 1.51. The zero-order valence-corrected chi connectivity index (χ0v) is 19.3. The highest BCUT2D eigenvalue weighted by Gasteiger charge is 2.25. The van der Waals surface area contributed by atoms with Crippen LogP contribution >= 0.6 is 0 Å². The summed E-state index contributed by atoms with van der Waals surface area (Å²) < 4.78 is 26.8. The van der Waals surface area contributed by atoms with E-state index in [4.69, 9.17) is 0 Å². The van der Waals surface area contributed by atoms with E-state index in [2.05, 4.69) is 5.32 Å². The Bertz CT molecular complexity index is 1150. The Morgan fingerprint density at radius 3 is 2.31 bits per heavy atom. The topological polar surface area (TPSA) is 109 Å². The van der Waals surface area contributed by atoms with Crippen molar-refractivity contribution in [1.29, 1.82) is 0 Å². The maximum atomic E-state index is 12.7. The number of carbonyl (C=O) groups excluding carboxylic acids is 2. The number of aryl methyl sites for hydroxylation is 1. The minimum atomic E-state index is -3.54. The first kappa shape index (κ1) is 23.7. The van der Waals surface area contributed by atoms with E-state index in [1.54, 1.807) is 30.3 Å². The molecule has 0 bridgehead atoms. The minimum absolute atomic E-state index is 0.129. The molecule has 0 aliphatic carbocycles. The van der Waals surface area contributed by atoms with Gasteiger partial charge in [0.1, 0.15) is 5.56 Å². The number of piperidine rings is 1. The van der Waals surface area contributed by atoms with Crippen LogP contribution in [0.25, 0.3) is 0 Å². The number of amides is 2. The van der Waals surface area contributed by atoms with E-state index in [1.807, 2.05) is 0 Å². The Labute approximate surface area is 187 Å². The first-order chi connectivity index (χ1) is 15.1. The molecule has 1 fully saturated rings. The molecule has 172 valence electrons. The van der Waals surface area contributed by atoms with Crippen molar-refractivity contribution in [3.63, 3.8) is 0 Å². The van der Waals surface area contributed by atoms with E-state index in [1.165, 1.54) is 42.9 Å². The number of hydrogen-bond donors (Lipinski definition) is 1. The third kappa shape index (κ3) is 5.08. The molecule has 2 heterocycles. The molecule has 0 atom stereocenters. The van der Waals surface area contributed by atoms with Crippen molar-refractivity contribution in [3.8, 4) is 0 Å². The molecule has 1 aliphatic rings. The summed E-state index contributed by atoms with van der Waals surface area (Å²) in [5.41, 5.74) is 0.244. The van der Waals surface area contributed by atoms with Gasteiger partial charge in [0.25, 0.3) is 17.4 Å². The number of sulfonamides is 1. The third-order valence-electron chi connectivity index (χ3n) is 5.70. The van der Waals surface area contributed by atoms with Gasteiger partial charge in [-0.05, 0) is 55.2 Å². The van der Waals surface area contributed by atoms with Crippen molar-refractivity contribution in [1.82, 2.24) is 19.1 Å². The molecule has 0 radical (unpaired) electrons. The zero-order valence-electron chi connectivity index (χ0n) is 18.4. The number of rotatable bonds is 6. The van der Waals surface area contributed by atoms with Gasteiger partial charge in [0.05, 0.1) is 4.90 Å². The van der Waals surface area contributed by atoms with E-state index in [0.717, 1.165) is 17.1 Å². The van der Waals surface area contributed by atoms with Crippen LogP contribution in [0.15, 0.2) is 52.3 Å². The van der Waals surface area contributed by atoms with Crippen molar-refractivity contribution in [2.45, 2.75) is 17.7 Å². The fourth-order valence-corrected chi connectivity index (χ4v) is 4.50. The van der Waals surface area contributed by atoms with Gasteiger partial charge >= 0.3 is 0 Å². The molecule has 0 unspecified atom stereocenters. The molecule has 2 aromatic rings. The van der Waals surface area contributed by atoms with E-state index in [9.17, 15) is 22.8 Å². The van der Waals surface area contributed by atoms with Crippen molar-refractivity contribution in [2.24, 2.45) is 13.0 Å². The predicted molar refractivity (Wildman–Crippen MR) is 120 cm³/mol. The number of likely N-dealkylation sites (tertiary alicyclic amines) is 1. The Hall–Kier alpha value is -2.98. The van der Waals surface area contributed by atoms with Gasteiger partial charge in [-0.1, -0.05) is 0 Å². The summed E-state index contributed by atoms with van der Waals surface area (Å²) in [5.74, 6) is -0.318. The predicted octanol–water partition coefficient (Wildman–Crippen LogP) is 0.918. The Balaban J connectivity index is 1.52. The summed E-state index contributed by atoms with van der Waals surface area (Å²) >= 11 is 0. The normalized spacial score (nSPS) is 15.1. The largest absolute Gasteiger partial charge is 0.352 e. The molecule has 2 amide bonds. The van der Waals surface area contributed by atoms with Gasteiger partial charge in [-0.15, -0.1) is 0 Å². The molecule has 1 N–H and O–H groups in total. The SMILES string of the molecule is CN(C)S(=O)(=O)c1ccc(C(=O)NCC2CCN(C(=O)c3cccn(C)c3=O)CC2)cc1. The number of nitrogens with one attached hydrogen (secondary N) is 1. The van der Waals surface area contributed by atoms with Crippen LogP contribution in [0.4, 0.5) is 0 Å². The van der Waals surface area contributed by atoms with Crippen molar-refractivity contribution in [2.75, 3.05) is 33.7 Å². The molecule has 0 spiro atoms. The number of nitrogens with zero attached hydrogens (tertiary/aromatic N) is 3. The van der Waals surface area contributed by atoms with Crippen molar-refractivity contribution >= 4 is 21.8 Å². The van der Waals surface area contributed by atoms with E-state index < -0.39 is 10.0 Å². The smallest absolute Gasteiger partial charge is 0.263 e. The van der Waals surface area contributed by atoms with Crippen LogP contribution in [0.1, 0.15) is 33.6 Å². The summed E-state index contributed by atoms with van der Waals surface area (Å²) in [6, 6.07) is 9.05. The number of benzene rings is 1. The van der Waals surface area contributed by atoms with Gasteiger partial charge in [-0.25, -0.2) is 12.7 Å². The second-order valence-corrected chi connectivity index (χ2v) is 10.2. The number of carbonyl (C=O) groups is 2. The van der Waals surface area contributed by atoms with Crippen molar-refractivity contribution in [3.05, 3.63) is 64.1 Å². The summed E-state index contributed by atoms with van der Waals surface area (Å²) in [7, 11) is 0.981. The van der Waals surface area contributed by atoms with E-state index in [0.29, 0.717) is 25.2 Å². The molecule has 1 aliphatic heterocycles. The summed E-state index contributed by atoms with van der Waals surface area (Å²) in [6.07, 6.45) is 3.06. The van der Waals surface area contributed by atoms with E-state index >= 15 is 0 Å². The van der Waals surface area contributed by atoms with Gasteiger partial charge < -0.3 is 14.8 Å². The lowest BCUT2D eigenvalue weighted by atomic mass is 9.96. The number of hydrogen-bond acceptors (Lipinski definition) is 5. The van der Waals surface area contributed by atoms with Crippen LogP contribution in [0.2, 0.25) is 0 Å². The molecule has 32 heavy (non-hydrogen) atoms. The lowest BCUT2D eigenvalue weighted by molar-refractivity contribution is 0.0682. The molecular weight excluding hydrogens is 432 g/mol. The second-order valence-electron chi connectivity index (χ2n) is 8.10. The van der Waals surface area contributed by atoms with Gasteiger partial charge in [0.2, 0.25) is 10.0 Å². The highest BCUT2D eigenvalue weighted by molar-refractivity contribution is 7.89. The molecule has 1 saturated heterocycles. The Morgan fingerprint density at radius 1 is 1.09 bits per heavy atom. The highest BCUT2D eigenvalue weighted by Crippen LogP contribution is 2.18. The average molecular weight is 461 g/mol. The second kappa shape index (κ2) is 9.66. The van der Waals surface area contributed by atoms with Gasteiger partial charge in [-0.2, -0.15) is 0 Å². The van der Waals surface area contributed by atoms with Gasteiger partial charge in [0.15, 0.2) is 0 Å². The van der Waals surface area contributed by atoms with Gasteiger partial charge in [-0.3, -0.25) is 14.4 Å². The van der Waals surface area contributed by atoms with Crippen LogP contribution in [-0.4, -0.2) is 67.7 Å². The lowest BCUT2D eigenvalue weighted by Gasteiger charge is -2.32. The van der Waals surface area contributed by atoms with Crippen molar-refractivity contribution < 1.29 is 18.0 Å². The van der Waals surface area contributed by atoms with Gasteiger partial charge in [0, 0.05) is 52.5 Å². The molecular formula is C22H28N4O5S. The standard InChI is InChI=1S/C22H28N4O5S/c1-24(2)32(30,31)18-8-6-17(7-9-18)20(27)23-15-16-10-13-26(14-11-16)22(29)19-5-4-12-25(3)21(19)28/h4-9,12,16H,10-11,13-15H2,1-3H3,(H,23,27). The number of pyridine rings is 1. The Morgan fingerprint density at radius 2 is 1.72 bits per heavy atom. The molecule has 0 saturated carbocycles. The van der Waals surface area contributed by atoms with Crippen LogP contribution in [0.3, 0.4) is 0 Å². The summed E-state index contributed by atoms with van der Waals surface area (Å²) in [4.78, 5) is 39.1. The minimum Gasteiger partial charge on any atom is -0.352 e. The first-order valence-electron chi connectivity index (χ1n) is 10.4. The van der Waals surface area contributed by atoms with E-state index in [-0.39, 0.29) is 33.8 Å². The lowest BCUT2D eigenvalue weighted by Crippen LogP contribution is -2.43. The molecule has 1 aromatic carbocycles. The monoisotopic (exact) mass is 460 g/mol. The first-order valence-corrected chi connectivity index (χ1v) is 11.8. The maximum Gasteiger partial charge on any atom is 0.263 e. The maximum absolute atomic E-state index is 12.7. The summed E-state index contributed by atoms with van der Waals surface area (Å²) in [5, 5.41) is 2.89. The number of aromatic nitrogens is 1.